The van der Waals surface area contributed by atoms with Crippen molar-refractivity contribution in [3.63, 3.8) is 0 Å². The first-order valence-corrected chi connectivity index (χ1v) is 9.99. The Morgan fingerprint density at radius 2 is 1.88 bits per heavy atom. The molecule has 26 heavy (non-hydrogen) atoms. The molecule has 4 nitrogen and oxygen atoms in total. The van der Waals surface area contributed by atoms with E-state index in [1.54, 1.807) is 0 Å². The van der Waals surface area contributed by atoms with Crippen molar-refractivity contribution in [1.29, 1.82) is 0 Å². The van der Waals surface area contributed by atoms with Crippen LogP contribution in [-0.4, -0.2) is 55.4 Å². The van der Waals surface area contributed by atoms with Crippen molar-refractivity contribution in [1.82, 2.24) is 4.90 Å². The molecule has 3 rings (SSSR count). The summed E-state index contributed by atoms with van der Waals surface area (Å²) >= 11 is 9.60. The van der Waals surface area contributed by atoms with Gasteiger partial charge in [-0.25, -0.2) is 0 Å². The topological polar surface area (TPSA) is 35.9 Å². The van der Waals surface area contributed by atoms with E-state index < -0.39 is 6.10 Å². The number of nitrogens with zero attached hydrogens (tertiary/aromatic N) is 2. The largest absolute Gasteiger partial charge is 0.490 e. The number of aliphatic hydroxyl groups is 1. The fourth-order valence-corrected chi connectivity index (χ4v) is 3.76. The van der Waals surface area contributed by atoms with Crippen LogP contribution in [0.4, 0.5) is 5.69 Å². The van der Waals surface area contributed by atoms with E-state index in [-0.39, 0.29) is 6.61 Å². The minimum atomic E-state index is -0.512. The molecular weight excluding hydrogens is 416 g/mol. The van der Waals surface area contributed by atoms with Gasteiger partial charge in [-0.15, -0.1) is 0 Å². The van der Waals surface area contributed by atoms with Gasteiger partial charge in [0.2, 0.25) is 0 Å². The lowest BCUT2D eigenvalue weighted by Gasteiger charge is -2.37. The smallest absolute Gasteiger partial charge is 0.133 e. The zero-order valence-corrected chi connectivity index (χ0v) is 17.2. The average Bonchev–Trinajstić information content (AvgIpc) is 2.64. The Balaban J connectivity index is 1.46. The Morgan fingerprint density at radius 3 is 2.62 bits per heavy atom. The zero-order valence-electron chi connectivity index (χ0n) is 14.9. The number of anilines is 1. The van der Waals surface area contributed by atoms with Crippen LogP contribution in [-0.2, 0) is 0 Å². The molecule has 1 saturated heterocycles. The van der Waals surface area contributed by atoms with Crippen molar-refractivity contribution >= 4 is 33.2 Å². The number of ether oxygens (including phenoxy) is 1. The molecule has 1 aliphatic rings. The highest BCUT2D eigenvalue weighted by Crippen LogP contribution is 2.26. The molecule has 1 atom stereocenters. The van der Waals surface area contributed by atoms with E-state index in [0.717, 1.165) is 41.4 Å². The van der Waals surface area contributed by atoms with E-state index in [9.17, 15) is 5.11 Å². The molecule has 0 aromatic heterocycles. The molecule has 140 valence electrons. The van der Waals surface area contributed by atoms with Crippen LogP contribution in [0, 0.1) is 6.92 Å². The van der Waals surface area contributed by atoms with Gasteiger partial charge in [0.05, 0.1) is 4.47 Å². The third-order valence-electron chi connectivity index (χ3n) is 4.62. The minimum Gasteiger partial charge on any atom is -0.490 e. The molecule has 1 fully saturated rings. The highest BCUT2D eigenvalue weighted by molar-refractivity contribution is 9.10. The summed E-state index contributed by atoms with van der Waals surface area (Å²) in [4.78, 5) is 4.64. The molecule has 1 aliphatic heterocycles. The average molecular weight is 440 g/mol. The fourth-order valence-electron chi connectivity index (χ4n) is 3.19. The second-order valence-corrected chi connectivity index (χ2v) is 7.90. The summed E-state index contributed by atoms with van der Waals surface area (Å²) in [5.74, 6) is 0.757. The van der Waals surface area contributed by atoms with Gasteiger partial charge in [-0.05, 0) is 52.7 Å². The Bertz CT molecular complexity index is 736. The maximum atomic E-state index is 10.3. The highest BCUT2D eigenvalue weighted by Gasteiger charge is 2.21. The van der Waals surface area contributed by atoms with Gasteiger partial charge in [-0.3, -0.25) is 4.90 Å². The number of rotatable bonds is 6. The molecule has 0 amide bonds. The summed E-state index contributed by atoms with van der Waals surface area (Å²) in [6.45, 7) is 6.71. The molecule has 0 bridgehead atoms. The fraction of sp³-hybridized carbons (Fsp3) is 0.400. The van der Waals surface area contributed by atoms with Crippen molar-refractivity contribution < 1.29 is 9.84 Å². The normalized spacial score (nSPS) is 16.5. The van der Waals surface area contributed by atoms with Crippen molar-refractivity contribution in [3.05, 3.63) is 57.5 Å². The van der Waals surface area contributed by atoms with Crippen LogP contribution in [0.5, 0.6) is 5.75 Å². The number of benzene rings is 2. The molecule has 0 spiro atoms. The maximum absolute atomic E-state index is 10.3. The second kappa shape index (κ2) is 9.09. The molecule has 0 radical (unpaired) electrons. The highest BCUT2D eigenvalue weighted by atomic mass is 79.9. The molecule has 2 aromatic carbocycles. The Hall–Kier alpha value is -1.27. The monoisotopic (exact) mass is 438 g/mol. The van der Waals surface area contributed by atoms with E-state index >= 15 is 0 Å². The standard InChI is InChI=1S/C20H24BrClN2O2/c1-15-6-7-16(22)12-19(15)24-10-8-23(9-11-24)13-17(25)14-26-20-5-3-2-4-18(20)21/h2-7,12,17,25H,8-11,13-14H2,1H3. The quantitative estimate of drug-likeness (QED) is 0.739. The van der Waals surface area contributed by atoms with Gasteiger partial charge in [0.25, 0.3) is 0 Å². The summed E-state index contributed by atoms with van der Waals surface area (Å²) in [5.41, 5.74) is 2.44. The van der Waals surface area contributed by atoms with Crippen LogP contribution in [0.15, 0.2) is 46.9 Å². The Labute approximate surface area is 168 Å². The van der Waals surface area contributed by atoms with Gasteiger partial charge in [0, 0.05) is 43.4 Å². The van der Waals surface area contributed by atoms with Gasteiger partial charge in [-0.2, -0.15) is 0 Å². The third kappa shape index (κ3) is 5.13. The summed E-state index contributed by atoms with van der Waals surface area (Å²) in [6.07, 6.45) is -0.512. The van der Waals surface area contributed by atoms with E-state index in [1.807, 2.05) is 36.4 Å². The molecule has 1 unspecified atom stereocenters. The summed E-state index contributed by atoms with van der Waals surface area (Å²) in [7, 11) is 0. The number of halogens is 2. The van der Waals surface area contributed by atoms with Gasteiger partial charge in [-0.1, -0.05) is 29.8 Å². The molecule has 1 N–H and O–H groups in total. The van der Waals surface area contributed by atoms with E-state index in [2.05, 4.69) is 38.7 Å². The molecule has 6 heteroatoms. The molecule has 2 aromatic rings. The van der Waals surface area contributed by atoms with E-state index in [4.69, 9.17) is 16.3 Å². The number of hydrogen-bond donors (Lipinski definition) is 1. The van der Waals surface area contributed by atoms with Crippen LogP contribution in [0.2, 0.25) is 5.02 Å². The first kappa shape index (κ1) is 19.5. The summed E-state index contributed by atoms with van der Waals surface area (Å²) in [5, 5.41) is 11.1. The molecule has 1 heterocycles. The van der Waals surface area contributed by atoms with Crippen molar-refractivity contribution in [3.8, 4) is 5.75 Å². The van der Waals surface area contributed by atoms with Gasteiger partial charge < -0.3 is 14.7 Å². The lowest BCUT2D eigenvalue weighted by Crippen LogP contribution is -2.49. The first-order valence-electron chi connectivity index (χ1n) is 8.82. The number of piperazine rings is 1. The molecular formula is C20H24BrClN2O2. The van der Waals surface area contributed by atoms with Gasteiger partial charge in [0.1, 0.15) is 18.5 Å². The van der Waals surface area contributed by atoms with Crippen LogP contribution in [0.25, 0.3) is 0 Å². The van der Waals surface area contributed by atoms with Gasteiger partial charge in [0.15, 0.2) is 0 Å². The van der Waals surface area contributed by atoms with E-state index in [0.29, 0.717) is 6.54 Å². The van der Waals surface area contributed by atoms with Crippen molar-refractivity contribution in [2.75, 3.05) is 44.2 Å². The van der Waals surface area contributed by atoms with Crippen LogP contribution in [0.1, 0.15) is 5.56 Å². The first-order chi connectivity index (χ1) is 12.5. The predicted molar refractivity (Wildman–Crippen MR) is 110 cm³/mol. The summed E-state index contributed by atoms with van der Waals surface area (Å²) < 4.78 is 6.61. The molecule has 0 aliphatic carbocycles. The third-order valence-corrected chi connectivity index (χ3v) is 5.51. The van der Waals surface area contributed by atoms with Gasteiger partial charge >= 0.3 is 0 Å². The minimum absolute atomic E-state index is 0.288. The van der Waals surface area contributed by atoms with E-state index in [1.165, 1.54) is 11.3 Å². The Kier molecular flexibility index (Phi) is 6.81. The lowest BCUT2D eigenvalue weighted by molar-refractivity contribution is 0.0660. The second-order valence-electron chi connectivity index (χ2n) is 6.61. The SMILES string of the molecule is Cc1ccc(Cl)cc1N1CCN(CC(O)COc2ccccc2Br)CC1. The van der Waals surface area contributed by atoms with Crippen LogP contribution in [0.3, 0.4) is 0 Å². The van der Waals surface area contributed by atoms with Crippen molar-refractivity contribution in [2.45, 2.75) is 13.0 Å². The number of hydrogen-bond acceptors (Lipinski definition) is 4. The Morgan fingerprint density at radius 1 is 1.15 bits per heavy atom. The zero-order chi connectivity index (χ0) is 18.5. The van der Waals surface area contributed by atoms with Crippen LogP contribution >= 0.6 is 27.5 Å². The number of β-amino-alcohol motifs (C(OH)–C–C–N with tert-alkyl or cyclic N) is 1. The number of para-hydroxylation sites is 1. The van der Waals surface area contributed by atoms with Crippen molar-refractivity contribution in [2.24, 2.45) is 0 Å². The number of aliphatic hydroxyl groups excluding tert-OH is 1. The van der Waals surface area contributed by atoms with Crippen LogP contribution < -0.4 is 9.64 Å². The molecule has 0 saturated carbocycles. The maximum Gasteiger partial charge on any atom is 0.133 e. The summed E-state index contributed by atoms with van der Waals surface area (Å²) in [6, 6.07) is 13.7. The number of aryl methyl sites for hydroxylation is 1. The predicted octanol–water partition coefficient (Wildman–Crippen LogP) is 3.97. The lowest BCUT2D eigenvalue weighted by atomic mass is 10.1.